The lowest BCUT2D eigenvalue weighted by Crippen LogP contribution is -2.45. The van der Waals surface area contributed by atoms with E-state index in [1.807, 2.05) is 0 Å². The van der Waals surface area contributed by atoms with Gasteiger partial charge in [0.25, 0.3) is 5.91 Å². The zero-order chi connectivity index (χ0) is 18.2. The molecule has 1 amide bonds. The van der Waals surface area contributed by atoms with Crippen molar-refractivity contribution in [2.24, 2.45) is 11.3 Å². The van der Waals surface area contributed by atoms with E-state index in [1.165, 1.54) is 23.1 Å². The molecule has 0 saturated carbocycles. The number of nitrogens with zero attached hydrogens (tertiary/aromatic N) is 1. The molecular formula is C17H21NO6S. The highest BCUT2D eigenvalue weighted by Crippen LogP contribution is 2.42. The van der Waals surface area contributed by atoms with Gasteiger partial charge in [-0.1, -0.05) is 13.0 Å². The van der Waals surface area contributed by atoms with Crippen molar-refractivity contribution in [2.45, 2.75) is 18.2 Å². The van der Waals surface area contributed by atoms with Crippen molar-refractivity contribution in [1.82, 2.24) is 4.90 Å². The van der Waals surface area contributed by atoms with Gasteiger partial charge in [-0.25, -0.2) is 8.42 Å². The van der Waals surface area contributed by atoms with Crippen LogP contribution >= 0.6 is 0 Å². The predicted molar refractivity (Wildman–Crippen MR) is 89.1 cm³/mol. The van der Waals surface area contributed by atoms with Gasteiger partial charge in [0.05, 0.1) is 22.7 Å². The van der Waals surface area contributed by atoms with Crippen LogP contribution in [0.2, 0.25) is 0 Å². The van der Waals surface area contributed by atoms with Crippen molar-refractivity contribution in [2.75, 3.05) is 32.1 Å². The second-order valence-electron chi connectivity index (χ2n) is 6.60. The fraction of sp³-hybridized carbons (Fsp3) is 0.529. The average molecular weight is 367 g/mol. The van der Waals surface area contributed by atoms with Gasteiger partial charge in [0.1, 0.15) is 0 Å². The first-order chi connectivity index (χ1) is 11.8. The number of hydrogen-bond donors (Lipinski definition) is 1. The Labute approximate surface area is 146 Å². The SMILES string of the molecule is CCS(=O)(=O)c1cccc(C(=O)N2C[C@H]3COCC[C@@]3(C(=O)O)C2)c1. The van der Waals surface area contributed by atoms with Crippen molar-refractivity contribution in [3.05, 3.63) is 29.8 Å². The van der Waals surface area contributed by atoms with Gasteiger partial charge in [0.2, 0.25) is 0 Å². The molecule has 2 heterocycles. The van der Waals surface area contributed by atoms with Gasteiger partial charge in [0.15, 0.2) is 9.84 Å². The van der Waals surface area contributed by atoms with E-state index in [2.05, 4.69) is 0 Å². The number of sulfone groups is 1. The van der Waals surface area contributed by atoms with Crippen molar-refractivity contribution >= 4 is 21.7 Å². The molecule has 3 rings (SSSR count). The Morgan fingerprint density at radius 2 is 2.16 bits per heavy atom. The topological polar surface area (TPSA) is 101 Å². The second kappa shape index (κ2) is 6.42. The summed E-state index contributed by atoms with van der Waals surface area (Å²) in [5.41, 5.74) is -0.712. The Kier molecular flexibility index (Phi) is 4.59. The Bertz CT molecular complexity index is 805. The summed E-state index contributed by atoms with van der Waals surface area (Å²) < 4.78 is 29.4. The number of carbonyl (C=O) groups is 2. The van der Waals surface area contributed by atoms with Crippen LogP contribution in [0, 0.1) is 11.3 Å². The van der Waals surface area contributed by atoms with Crippen LogP contribution in [0.1, 0.15) is 23.7 Å². The molecule has 2 atom stereocenters. The highest BCUT2D eigenvalue weighted by molar-refractivity contribution is 7.91. The van der Waals surface area contributed by atoms with E-state index in [9.17, 15) is 23.1 Å². The number of hydrogen-bond acceptors (Lipinski definition) is 5. The third kappa shape index (κ3) is 3.04. The molecule has 0 radical (unpaired) electrons. The number of ether oxygens (including phenoxy) is 1. The van der Waals surface area contributed by atoms with E-state index >= 15 is 0 Å². The smallest absolute Gasteiger partial charge is 0.311 e. The molecule has 7 nitrogen and oxygen atoms in total. The zero-order valence-electron chi connectivity index (χ0n) is 14.0. The fourth-order valence-corrected chi connectivity index (χ4v) is 4.55. The van der Waals surface area contributed by atoms with Crippen LogP contribution in [-0.4, -0.2) is 62.4 Å². The van der Waals surface area contributed by atoms with Crippen LogP contribution in [0.15, 0.2) is 29.2 Å². The number of fused-ring (bicyclic) bond motifs is 1. The van der Waals surface area contributed by atoms with Gasteiger partial charge in [-0.05, 0) is 24.6 Å². The van der Waals surface area contributed by atoms with Crippen LogP contribution < -0.4 is 0 Å². The molecule has 2 aliphatic rings. The van der Waals surface area contributed by atoms with E-state index in [0.29, 0.717) is 26.2 Å². The van der Waals surface area contributed by atoms with E-state index in [-0.39, 0.29) is 34.6 Å². The van der Waals surface area contributed by atoms with Crippen LogP contribution in [0.4, 0.5) is 0 Å². The van der Waals surface area contributed by atoms with Crippen molar-refractivity contribution < 1.29 is 27.9 Å². The Hall–Kier alpha value is -1.93. The zero-order valence-corrected chi connectivity index (χ0v) is 14.8. The van der Waals surface area contributed by atoms with E-state index < -0.39 is 21.2 Å². The molecule has 2 aliphatic heterocycles. The third-order valence-electron chi connectivity index (χ3n) is 5.24. The summed E-state index contributed by atoms with van der Waals surface area (Å²) in [5, 5.41) is 9.68. The summed E-state index contributed by atoms with van der Waals surface area (Å²) in [6, 6.07) is 5.93. The van der Waals surface area contributed by atoms with Crippen LogP contribution in [0.5, 0.6) is 0 Å². The van der Waals surface area contributed by atoms with Gasteiger partial charge >= 0.3 is 5.97 Å². The molecule has 1 N–H and O–H groups in total. The Morgan fingerprint density at radius 3 is 2.80 bits per heavy atom. The first-order valence-electron chi connectivity index (χ1n) is 8.23. The number of carbonyl (C=O) groups excluding carboxylic acids is 1. The normalized spacial score (nSPS) is 26.3. The second-order valence-corrected chi connectivity index (χ2v) is 8.88. The minimum Gasteiger partial charge on any atom is -0.481 e. The predicted octanol–water partition coefficient (Wildman–Crippen LogP) is 1.04. The van der Waals surface area contributed by atoms with Crippen molar-refractivity contribution in [3.8, 4) is 0 Å². The lowest BCUT2D eigenvalue weighted by Gasteiger charge is -2.33. The lowest BCUT2D eigenvalue weighted by atomic mass is 9.74. The number of rotatable bonds is 4. The quantitative estimate of drug-likeness (QED) is 0.853. The number of carboxylic acid groups (broad SMARTS) is 1. The van der Waals surface area contributed by atoms with Crippen molar-refractivity contribution in [3.63, 3.8) is 0 Å². The molecular weight excluding hydrogens is 346 g/mol. The average Bonchev–Trinajstić information content (AvgIpc) is 3.02. The number of benzene rings is 1. The largest absolute Gasteiger partial charge is 0.481 e. The van der Waals surface area contributed by atoms with Gasteiger partial charge in [-0.2, -0.15) is 0 Å². The maximum Gasteiger partial charge on any atom is 0.311 e. The molecule has 0 bridgehead atoms. The van der Waals surface area contributed by atoms with Crippen LogP contribution in [0.25, 0.3) is 0 Å². The minimum atomic E-state index is -3.41. The number of carboxylic acids is 1. The van der Waals surface area contributed by atoms with E-state index in [1.54, 1.807) is 13.0 Å². The summed E-state index contributed by atoms with van der Waals surface area (Å²) in [6.45, 7) is 2.66. The fourth-order valence-electron chi connectivity index (χ4n) is 3.63. The third-order valence-corrected chi connectivity index (χ3v) is 6.97. The molecule has 0 unspecified atom stereocenters. The van der Waals surface area contributed by atoms with Crippen LogP contribution in [-0.2, 0) is 19.4 Å². The number of likely N-dealkylation sites (tertiary alicyclic amines) is 1. The molecule has 136 valence electrons. The van der Waals surface area contributed by atoms with Gasteiger partial charge in [-0.15, -0.1) is 0 Å². The molecule has 0 spiro atoms. The highest BCUT2D eigenvalue weighted by Gasteiger charge is 2.54. The summed E-state index contributed by atoms with van der Waals surface area (Å²) in [5.74, 6) is -1.54. The number of aliphatic carboxylic acids is 1. The molecule has 2 fully saturated rings. The summed E-state index contributed by atoms with van der Waals surface area (Å²) in [6.07, 6.45) is 0.376. The Morgan fingerprint density at radius 1 is 1.40 bits per heavy atom. The maximum absolute atomic E-state index is 12.8. The van der Waals surface area contributed by atoms with Crippen LogP contribution in [0.3, 0.4) is 0 Å². The molecule has 0 aromatic heterocycles. The standard InChI is InChI=1S/C17H21NO6S/c1-2-25(22,23)14-5-3-4-12(8-14)15(19)18-9-13-10-24-7-6-17(13,11-18)16(20)21/h3-5,8,13H,2,6-7,9-11H2,1H3,(H,20,21)/t13-,17+/m0/s1. The van der Waals surface area contributed by atoms with Gasteiger partial charge in [0, 0.05) is 31.2 Å². The molecule has 0 aliphatic carbocycles. The van der Waals surface area contributed by atoms with E-state index in [0.717, 1.165) is 0 Å². The van der Waals surface area contributed by atoms with Gasteiger partial charge in [-0.3, -0.25) is 9.59 Å². The summed E-state index contributed by atoms with van der Waals surface area (Å²) in [7, 11) is -3.41. The molecule has 1 aromatic carbocycles. The molecule has 25 heavy (non-hydrogen) atoms. The molecule has 1 aromatic rings. The first-order valence-corrected chi connectivity index (χ1v) is 9.88. The lowest BCUT2D eigenvalue weighted by molar-refractivity contribution is -0.157. The highest BCUT2D eigenvalue weighted by atomic mass is 32.2. The maximum atomic E-state index is 12.8. The Balaban J connectivity index is 1.88. The van der Waals surface area contributed by atoms with Crippen molar-refractivity contribution in [1.29, 1.82) is 0 Å². The minimum absolute atomic E-state index is 0.0457. The number of amides is 1. The first kappa shape index (κ1) is 17.9. The molecule has 8 heteroatoms. The monoisotopic (exact) mass is 367 g/mol. The van der Waals surface area contributed by atoms with E-state index in [4.69, 9.17) is 4.74 Å². The molecule has 2 saturated heterocycles. The van der Waals surface area contributed by atoms with Gasteiger partial charge < -0.3 is 14.7 Å². The summed E-state index contributed by atoms with van der Waals surface area (Å²) in [4.78, 5) is 26.2. The summed E-state index contributed by atoms with van der Waals surface area (Å²) >= 11 is 0.